The normalized spacial score (nSPS) is 25.3. The van der Waals surface area contributed by atoms with Gasteiger partial charge in [-0.1, -0.05) is 35.9 Å². The third-order valence-corrected chi connectivity index (χ3v) is 6.64. The van der Waals surface area contributed by atoms with E-state index in [1.807, 2.05) is 24.3 Å². The van der Waals surface area contributed by atoms with Gasteiger partial charge in [0.1, 0.15) is 36.0 Å². The molecule has 1 fully saturated rings. The summed E-state index contributed by atoms with van der Waals surface area (Å²) < 4.78 is 21.5. The zero-order valence-electron chi connectivity index (χ0n) is 17.8. The van der Waals surface area contributed by atoms with E-state index >= 15 is 0 Å². The monoisotopic (exact) mass is 487 g/mol. The van der Waals surface area contributed by atoms with Gasteiger partial charge in [0.2, 0.25) is 0 Å². The number of aromatic nitrogens is 1. The largest absolute Gasteiger partial charge is 0.508 e. The standard InChI is InChI=1S/C25H23ClFNO6/c26-19-9-16(27)8-18-15(6-12-1-2-14-7-17(30)4-3-13(14)5-12)10-28(21(18)19)25-24(33)23(32)22(31)20(11-29)34-25/h1-5,7-10,20,22-25,29-33H,6,11H2/t20-,22-,23+,24-,25-/m1/s1. The molecule has 1 aliphatic heterocycles. The molecule has 1 aliphatic rings. The van der Waals surface area contributed by atoms with Crippen LogP contribution in [0, 0.1) is 5.82 Å². The molecule has 1 saturated heterocycles. The fraction of sp³-hybridized carbons (Fsp3) is 0.280. The lowest BCUT2D eigenvalue weighted by molar-refractivity contribution is -0.250. The van der Waals surface area contributed by atoms with E-state index in [-0.39, 0.29) is 10.8 Å². The van der Waals surface area contributed by atoms with Crippen LogP contribution < -0.4 is 0 Å². The van der Waals surface area contributed by atoms with Gasteiger partial charge in [0, 0.05) is 11.6 Å². The number of halogens is 2. The Labute approximate surface area is 198 Å². The van der Waals surface area contributed by atoms with Crippen LogP contribution in [0.1, 0.15) is 17.4 Å². The lowest BCUT2D eigenvalue weighted by Gasteiger charge is -2.40. The van der Waals surface area contributed by atoms with Crippen molar-refractivity contribution in [2.24, 2.45) is 0 Å². The molecule has 0 bridgehead atoms. The summed E-state index contributed by atoms with van der Waals surface area (Å²) in [7, 11) is 0. The number of hydrogen-bond donors (Lipinski definition) is 5. The van der Waals surface area contributed by atoms with Gasteiger partial charge in [-0.3, -0.25) is 0 Å². The summed E-state index contributed by atoms with van der Waals surface area (Å²) >= 11 is 6.40. The molecule has 0 saturated carbocycles. The molecule has 5 rings (SSSR count). The molecule has 2 heterocycles. The summed E-state index contributed by atoms with van der Waals surface area (Å²) in [6, 6.07) is 13.3. The van der Waals surface area contributed by atoms with Crippen molar-refractivity contribution in [2.45, 2.75) is 37.1 Å². The predicted octanol–water partition coefficient (Wildman–Crippen LogP) is 2.86. The van der Waals surface area contributed by atoms with Crippen LogP contribution in [0.4, 0.5) is 4.39 Å². The van der Waals surface area contributed by atoms with Gasteiger partial charge < -0.3 is 34.8 Å². The number of aliphatic hydroxyl groups is 4. The molecule has 5 atom stereocenters. The topological polar surface area (TPSA) is 115 Å². The summed E-state index contributed by atoms with van der Waals surface area (Å²) in [4.78, 5) is 0. The number of ether oxygens (including phenoxy) is 1. The molecule has 0 radical (unpaired) electrons. The van der Waals surface area contributed by atoms with E-state index in [9.17, 15) is 29.9 Å². The second-order valence-corrected chi connectivity index (χ2v) is 9.01. The zero-order valence-corrected chi connectivity index (χ0v) is 18.6. The summed E-state index contributed by atoms with van der Waals surface area (Å²) in [5.41, 5.74) is 2.02. The quantitative estimate of drug-likeness (QED) is 0.302. The Morgan fingerprint density at radius 2 is 1.68 bits per heavy atom. The minimum absolute atomic E-state index is 0.0900. The van der Waals surface area contributed by atoms with E-state index < -0.39 is 43.1 Å². The molecular weight excluding hydrogens is 465 g/mol. The van der Waals surface area contributed by atoms with Crippen molar-refractivity contribution >= 4 is 33.3 Å². The Bertz CT molecular complexity index is 1370. The number of aliphatic hydroxyl groups excluding tert-OH is 4. The number of aromatic hydroxyl groups is 1. The first kappa shape index (κ1) is 23.0. The highest BCUT2D eigenvalue weighted by Crippen LogP contribution is 2.37. The van der Waals surface area contributed by atoms with Gasteiger partial charge in [-0.25, -0.2) is 4.39 Å². The van der Waals surface area contributed by atoms with Crippen LogP contribution >= 0.6 is 11.6 Å². The minimum atomic E-state index is -1.56. The van der Waals surface area contributed by atoms with Crippen molar-refractivity contribution in [3.63, 3.8) is 0 Å². The molecule has 178 valence electrons. The molecule has 0 aliphatic carbocycles. The number of nitrogens with zero attached hydrogens (tertiary/aromatic N) is 1. The average molecular weight is 488 g/mol. The molecule has 34 heavy (non-hydrogen) atoms. The first-order valence-electron chi connectivity index (χ1n) is 10.8. The fourth-order valence-corrected chi connectivity index (χ4v) is 4.94. The first-order valence-corrected chi connectivity index (χ1v) is 11.1. The molecule has 4 aromatic rings. The Kier molecular flexibility index (Phi) is 5.97. The van der Waals surface area contributed by atoms with Crippen LogP contribution in [0.2, 0.25) is 5.02 Å². The summed E-state index contributed by atoms with van der Waals surface area (Å²) in [5.74, 6) is -0.354. The van der Waals surface area contributed by atoms with Crippen molar-refractivity contribution in [3.05, 3.63) is 76.7 Å². The Morgan fingerprint density at radius 1 is 0.941 bits per heavy atom. The van der Waals surface area contributed by atoms with Gasteiger partial charge >= 0.3 is 0 Å². The van der Waals surface area contributed by atoms with Crippen LogP contribution in [-0.4, -0.2) is 61.1 Å². The van der Waals surface area contributed by atoms with Crippen molar-refractivity contribution in [2.75, 3.05) is 6.61 Å². The summed E-state index contributed by atoms with van der Waals surface area (Å²) in [6.07, 6.45) is -4.78. The third-order valence-electron chi connectivity index (χ3n) is 6.35. The number of phenolic OH excluding ortho intramolecular Hbond substituents is 1. The Morgan fingerprint density at radius 3 is 2.44 bits per heavy atom. The fourth-order valence-electron chi connectivity index (χ4n) is 4.64. The van der Waals surface area contributed by atoms with Gasteiger partial charge in [0.25, 0.3) is 0 Å². The van der Waals surface area contributed by atoms with Gasteiger partial charge in [0.15, 0.2) is 6.23 Å². The highest BCUT2D eigenvalue weighted by molar-refractivity contribution is 6.35. The van der Waals surface area contributed by atoms with E-state index in [1.165, 1.54) is 10.6 Å². The molecular formula is C25H23ClFNO6. The lowest BCUT2D eigenvalue weighted by Crippen LogP contribution is -2.56. The third kappa shape index (κ3) is 3.92. The van der Waals surface area contributed by atoms with Crippen molar-refractivity contribution in [1.29, 1.82) is 0 Å². The van der Waals surface area contributed by atoms with E-state index in [1.54, 1.807) is 18.3 Å². The van der Waals surface area contributed by atoms with Gasteiger partial charge in [-0.2, -0.15) is 0 Å². The van der Waals surface area contributed by atoms with Crippen molar-refractivity contribution in [3.8, 4) is 5.75 Å². The Hall–Kier alpha value is -2.72. The summed E-state index contributed by atoms with van der Waals surface area (Å²) in [6.45, 7) is -0.567. The second-order valence-electron chi connectivity index (χ2n) is 8.61. The highest BCUT2D eigenvalue weighted by atomic mass is 35.5. The zero-order chi connectivity index (χ0) is 24.1. The first-order chi connectivity index (χ1) is 16.3. The molecule has 0 amide bonds. The molecule has 0 unspecified atom stereocenters. The van der Waals surface area contributed by atoms with Gasteiger partial charge in [-0.05, 0) is 52.6 Å². The lowest BCUT2D eigenvalue weighted by atomic mass is 9.98. The highest BCUT2D eigenvalue weighted by Gasteiger charge is 2.44. The minimum Gasteiger partial charge on any atom is -0.508 e. The van der Waals surface area contributed by atoms with Crippen LogP contribution in [0.3, 0.4) is 0 Å². The van der Waals surface area contributed by atoms with Crippen LogP contribution in [-0.2, 0) is 11.2 Å². The molecule has 5 N–H and O–H groups in total. The average Bonchev–Trinajstić information content (AvgIpc) is 3.16. The number of benzene rings is 3. The smallest absolute Gasteiger partial charge is 0.163 e. The van der Waals surface area contributed by atoms with Gasteiger partial charge in [0.05, 0.1) is 17.1 Å². The number of fused-ring (bicyclic) bond motifs is 2. The maximum Gasteiger partial charge on any atom is 0.163 e. The van der Waals surface area contributed by atoms with E-state index in [0.717, 1.165) is 22.4 Å². The van der Waals surface area contributed by atoms with Crippen molar-refractivity contribution < 1.29 is 34.7 Å². The van der Waals surface area contributed by atoms with Crippen LogP contribution in [0.25, 0.3) is 21.7 Å². The number of rotatable bonds is 4. The second kappa shape index (κ2) is 8.81. The van der Waals surface area contributed by atoms with Crippen LogP contribution in [0.15, 0.2) is 54.7 Å². The Balaban J connectivity index is 1.60. The SMILES string of the molecule is OC[C@H]1O[C@@H](n2cc(Cc3ccc4cc(O)ccc4c3)c3cc(F)cc(Cl)c32)[C@H](O)[C@@H](O)[C@@H]1O. The molecule has 7 nitrogen and oxygen atoms in total. The molecule has 0 spiro atoms. The molecule has 1 aromatic heterocycles. The van der Waals surface area contributed by atoms with Crippen LogP contribution in [0.5, 0.6) is 5.75 Å². The maximum absolute atomic E-state index is 14.3. The number of hydrogen-bond acceptors (Lipinski definition) is 6. The summed E-state index contributed by atoms with van der Waals surface area (Å²) in [5, 5.41) is 52.7. The van der Waals surface area contributed by atoms with Crippen molar-refractivity contribution in [1.82, 2.24) is 4.57 Å². The maximum atomic E-state index is 14.3. The van der Waals surface area contributed by atoms with E-state index in [4.69, 9.17) is 16.3 Å². The van der Waals surface area contributed by atoms with E-state index in [2.05, 4.69) is 0 Å². The molecule has 3 aromatic carbocycles. The van der Waals surface area contributed by atoms with E-state index in [0.29, 0.717) is 22.9 Å². The molecule has 9 heteroatoms. The van der Waals surface area contributed by atoms with Gasteiger partial charge in [-0.15, -0.1) is 0 Å². The predicted molar refractivity (Wildman–Crippen MR) is 124 cm³/mol. The number of phenols is 1.